The van der Waals surface area contributed by atoms with Crippen molar-refractivity contribution in [3.8, 4) is 11.3 Å². The zero-order valence-electron chi connectivity index (χ0n) is 16.5. The van der Waals surface area contributed by atoms with Crippen LogP contribution >= 0.6 is 0 Å². The van der Waals surface area contributed by atoms with E-state index >= 15 is 0 Å². The lowest BCUT2D eigenvalue weighted by Crippen LogP contribution is -2.38. The quantitative estimate of drug-likeness (QED) is 0.601. The first-order valence-corrected chi connectivity index (χ1v) is 10.3. The average Bonchev–Trinajstić information content (AvgIpc) is 3.35. The number of fused-ring (bicyclic) bond motifs is 1. The van der Waals surface area contributed by atoms with Crippen molar-refractivity contribution in [1.29, 1.82) is 0 Å². The maximum Gasteiger partial charge on any atom is 0.309 e. The van der Waals surface area contributed by atoms with Crippen LogP contribution in [0.4, 0.5) is 11.6 Å². The van der Waals surface area contributed by atoms with Crippen LogP contribution in [0.15, 0.2) is 18.2 Å². The largest absolute Gasteiger partial charge is 0.469 e. The Morgan fingerprint density at radius 1 is 1.24 bits per heavy atom. The number of carbonyl (C=O) groups excluding carboxylic acids is 2. The Morgan fingerprint density at radius 3 is 2.83 bits per heavy atom. The Balaban J connectivity index is 1.56. The first-order valence-electron chi connectivity index (χ1n) is 10.3. The molecule has 7 heteroatoms. The number of ether oxygens (including phenoxy) is 1. The van der Waals surface area contributed by atoms with E-state index in [1.807, 2.05) is 12.1 Å². The van der Waals surface area contributed by atoms with E-state index in [-0.39, 0.29) is 17.8 Å². The minimum atomic E-state index is -0.194. The standard InChI is InChI=1S/C22H24N4O3/c1-29-21(28)17-11-15(17)16-10-13(6-7-18(16)23-12-27)20-14-4-2-5-19(14)24-22(25-20)26-8-3-9-26/h6-7,10,12,15,17H,2-5,8-9,11H2,1H3,(H,23,27). The molecule has 1 amide bonds. The number of methoxy groups -OCH3 is 1. The van der Waals surface area contributed by atoms with Crippen LogP contribution in [0.5, 0.6) is 0 Å². The fraction of sp³-hybridized carbons (Fsp3) is 0.455. The fourth-order valence-electron chi connectivity index (χ4n) is 4.48. The van der Waals surface area contributed by atoms with E-state index in [0.717, 1.165) is 72.9 Å². The zero-order valence-corrected chi connectivity index (χ0v) is 16.5. The van der Waals surface area contributed by atoms with E-state index < -0.39 is 0 Å². The second-order valence-electron chi connectivity index (χ2n) is 8.03. The zero-order chi connectivity index (χ0) is 20.0. The van der Waals surface area contributed by atoms with Gasteiger partial charge in [-0.05, 0) is 49.8 Å². The van der Waals surface area contributed by atoms with E-state index in [1.165, 1.54) is 19.1 Å². The van der Waals surface area contributed by atoms with Crippen molar-refractivity contribution in [3.05, 3.63) is 35.0 Å². The van der Waals surface area contributed by atoms with Gasteiger partial charge in [-0.3, -0.25) is 9.59 Å². The third kappa shape index (κ3) is 3.14. The van der Waals surface area contributed by atoms with Gasteiger partial charge in [0.1, 0.15) is 0 Å². The van der Waals surface area contributed by atoms with Gasteiger partial charge >= 0.3 is 5.97 Å². The predicted octanol–water partition coefficient (Wildman–Crippen LogP) is 2.69. The van der Waals surface area contributed by atoms with Crippen molar-refractivity contribution >= 4 is 24.0 Å². The molecule has 0 bridgehead atoms. The number of aryl methyl sites for hydroxylation is 1. The number of carbonyl (C=O) groups is 2. The van der Waals surface area contributed by atoms with Gasteiger partial charge in [-0.25, -0.2) is 9.97 Å². The molecule has 150 valence electrons. The molecule has 29 heavy (non-hydrogen) atoms. The topological polar surface area (TPSA) is 84.4 Å². The van der Waals surface area contributed by atoms with Crippen LogP contribution in [0.3, 0.4) is 0 Å². The van der Waals surface area contributed by atoms with Gasteiger partial charge < -0.3 is 15.0 Å². The van der Waals surface area contributed by atoms with Gasteiger partial charge in [0.25, 0.3) is 0 Å². The maximum absolute atomic E-state index is 12.0. The summed E-state index contributed by atoms with van der Waals surface area (Å²) < 4.78 is 4.91. The summed E-state index contributed by atoms with van der Waals surface area (Å²) in [5.41, 5.74) is 6.12. The first-order chi connectivity index (χ1) is 14.2. The highest BCUT2D eigenvalue weighted by Crippen LogP contribution is 2.51. The van der Waals surface area contributed by atoms with Gasteiger partial charge in [-0.1, -0.05) is 6.07 Å². The molecule has 3 aliphatic rings. The summed E-state index contributed by atoms with van der Waals surface area (Å²) >= 11 is 0. The molecule has 1 aliphatic heterocycles. The molecule has 1 N–H and O–H groups in total. The number of hydrogen-bond donors (Lipinski definition) is 1. The summed E-state index contributed by atoms with van der Waals surface area (Å²) in [5.74, 6) is 0.549. The van der Waals surface area contributed by atoms with E-state index in [0.29, 0.717) is 6.41 Å². The van der Waals surface area contributed by atoms with Crippen LogP contribution in [-0.2, 0) is 27.2 Å². The van der Waals surface area contributed by atoms with E-state index in [2.05, 4.69) is 16.3 Å². The Hall–Kier alpha value is -2.96. The second kappa shape index (κ2) is 7.13. The molecule has 5 rings (SSSR count). The van der Waals surface area contributed by atoms with Crippen molar-refractivity contribution in [2.24, 2.45) is 5.92 Å². The summed E-state index contributed by atoms with van der Waals surface area (Å²) in [4.78, 5) is 35.0. The Labute approximate surface area is 169 Å². The number of nitrogens with one attached hydrogen (secondary N) is 1. The summed E-state index contributed by atoms with van der Waals surface area (Å²) in [6.07, 6.45) is 5.69. The lowest BCUT2D eigenvalue weighted by molar-refractivity contribution is -0.142. The van der Waals surface area contributed by atoms with Crippen LogP contribution < -0.4 is 10.2 Å². The first kappa shape index (κ1) is 18.1. The van der Waals surface area contributed by atoms with Crippen molar-refractivity contribution < 1.29 is 14.3 Å². The molecule has 2 aliphatic carbocycles. The minimum absolute atomic E-state index is 0.0644. The molecular weight excluding hydrogens is 368 g/mol. The van der Waals surface area contributed by atoms with E-state index in [9.17, 15) is 9.59 Å². The molecule has 1 aromatic heterocycles. The molecular formula is C22H24N4O3. The van der Waals surface area contributed by atoms with Gasteiger partial charge in [0.2, 0.25) is 12.4 Å². The molecule has 2 aromatic rings. The van der Waals surface area contributed by atoms with Crippen LogP contribution in [0.1, 0.15) is 42.0 Å². The van der Waals surface area contributed by atoms with E-state index in [4.69, 9.17) is 14.7 Å². The average molecular weight is 392 g/mol. The summed E-state index contributed by atoms with van der Waals surface area (Å²) in [6.45, 7) is 2.02. The predicted molar refractivity (Wildman–Crippen MR) is 109 cm³/mol. The fourth-order valence-corrected chi connectivity index (χ4v) is 4.48. The molecule has 0 radical (unpaired) electrons. The van der Waals surface area contributed by atoms with Gasteiger partial charge in [-0.2, -0.15) is 0 Å². The number of nitrogens with zero attached hydrogens (tertiary/aromatic N) is 3. The highest BCUT2D eigenvalue weighted by molar-refractivity contribution is 5.82. The Bertz CT molecular complexity index is 986. The second-order valence-corrected chi connectivity index (χ2v) is 8.03. The van der Waals surface area contributed by atoms with Crippen molar-refractivity contribution in [2.75, 3.05) is 30.4 Å². The monoisotopic (exact) mass is 392 g/mol. The number of rotatable bonds is 6. The third-order valence-electron chi connectivity index (χ3n) is 6.29. The smallest absolute Gasteiger partial charge is 0.309 e. The molecule has 7 nitrogen and oxygen atoms in total. The molecule has 2 atom stereocenters. The molecule has 1 saturated heterocycles. The number of esters is 1. The number of aromatic nitrogens is 2. The highest BCUT2D eigenvalue weighted by atomic mass is 16.5. The van der Waals surface area contributed by atoms with Crippen molar-refractivity contribution in [2.45, 2.75) is 38.0 Å². The lowest BCUT2D eigenvalue weighted by atomic mass is 9.98. The summed E-state index contributed by atoms with van der Waals surface area (Å²) in [6, 6.07) is 6.00. The summed E-state index contributed by atoms with van der Waals surface area (Å²) in [5, 5.41) is 2.78. The van der Waals surface area contributed by atoms with Gasteiger partial charge in [-0.15, -0.1) is 0 Å². The maximum atomic E-state index is 12.0. The van der Waals surface area contributed by atoms with Gasteiger partial charge in [0.05, 0.1) is 18.7 Å². The molecule has 2 fully saturated rings. The van der Waals surface area contributed by atoms with Crippen LogP contribution in [-0.4, -0.2) is 42.5 Å². The van der Waals surface area contributed by atoms with Crippen molar-refractivity contribution in [1.82, 2.24) is 9.97 Å². The molecule has 0 spiro atoms. The number of amides is 1. The Kier molecular flexibility index (Phi) is 4.45. The highest BCUT2D eigenvalue weighted by Gasteiger charge is 2.46. The number of benzene rings is 1. The normalized spacial score (nSPS) is 21.9. The molecule has 1 saturated carbocycles. The minimum Gasteiger partial charge on any atom is -0.469 e. The van der Waals surface area contributed by atoms with Crippen molar-refractivity contribution in [3.63, 3.8) is 0 Å². The summed E-state index contributed by atoms with van der Waals surface area (Å²) in [7, 11) is 1.42. The van der Waals surface area contributed by atoms with Gasteiger partial charge in [0, 0.05) is 41.5 Å². The van der Waals surface area contributed by atoms with Crippen LogP contribution in [0.25, 0.3) is 11.3 Å². The van der Waals surface area contributed by atoms with Crippen LogP contribution in [0, 0.1) is 5.92 Å². The SMILES string of the molecule is COC(=O)C1CC1c1cc(-c2nc(N3CCC3)nc3c2CCC3)ccc1NC=O. The van der Waals surface area contributed by atoms with Crippen LogP contribution in [0.2, 0.25) is 0 Å². The van der Waals surface area contributed by atoms with Gasteiger partial charge in [0.15, 0.2) is 0 Å². The number of hydrogen-bond acceptors (Lipinski definition) is 6. The molecule has 2 unspecified atom stereocenters. The molecule has 2 heterocycles. The lowest BCUT2D eigenvalue weighted by Gasteiger charge is -2.31. The number of anilines is 2. The van der Waals surface area contributed by atoms with E-state index in [1.54, 1.807) is 0 Å². The Morgan fingerprint density at radius 2 is 2.10 bits per heavy atom. The molecule has 1 aromatic carbocycles. The third-order valence-corrected chi connectivity index (χ3v) is 6.29.